The summed E-state index contributed by atoms with van der Waals surface area (Å²) in [5.41, 5.74) is 0.934. The van der Waals surface area contributed by atoms with Crippen LogP contribution in [-0.4, -0.2) is 54.5 Å². The van der Waals surface area contributed by atoms with E-state index in [0.717, 1.165) is 49.2 Å². The number of amides is 1. The van der Waals surface area contributed by atoms with Gasteiger partial charge in [-0.2, -0.15) is 13.2 Å². The lowest BCUT2D eigenvalue weighted by atomic mass is 9.82. The maximum atomic E-state index is 13.5. The second-order valence-corrected chi connectivity index (χ2v) is 11.9. The first-order valence-corrected chi connectivity index (χ1v) is 13.5. The van der Waals surface area contributed by atoms with Gasteiger partial charge >= 0.3 is 6.18 Å². The van der Waals surface area contributed by atoms with E-state index in [9.17, 15) is 18.0 Å². The molecule has 0 aromatic heterocycles. The van der Waals surface area contributed by atoms with E-state index in [1.807, 2.05) is 24.3 Å². The number of hydrogen-bond donors (Lipinski definition) is 1. The molecule has 1 amide bonds. The minimum atomic E-state index is -4.38. The smallest absolute Gasteiger partial charge is 0.337 e. The van der Waals surface area contributed by atoms with Gasteiger partial charge in [0.1, 0.15) is 0 Å². The second kappa shape index (κ2) is 13.9. The van der Waals surface area contributed by atoms with E-state index < -0.39 is 11.7 Å². The molecular formula is C29H39Cl3F3N3O. The first kappa shape index (κ1) is 33.7. The monoisotopic (exact) mass is 607 g/mol. The molecule has 2 aromatic carbocycles. The van der Waals surface area contributed by atoms with Crippen LogP contribution in [0.5, 0.6) is 0 Å². The van der Waals surface area contributed by atoms with Crippen LogP contribution in [0.4, 0.5) is 13.2 Å². The molecule has 1 unspecified atom stereocenters. The zero-order valence-electron chi connectivity index (χ0n) is 22.6. The van der Waals surface area contributed by atoms with Crippen LogP contribution in [0, 0.1) is 11.3 Å². The third-order valence-corrected chi connectivity index (χ3v) is 8.01. The summed E-state index contributed by atoms with van der Waals surface area (Å²) in [5.74, 6) is 0.630. The van der Waals surface area contributed by atoms with Crippen molar-refractivity contribution in [3.8, 4) is 0 Å². The van der Waals surface area contributed by atoms with Crippen LogP contribution >= 0.6 is 36.4 Å². The molecule has 4 rings (SSSR count). The molecule has 218 valence electrons. The molecule has 2 aliphatic rings. The molecule has 2 aromatic rings. The highest BCUT2D eigenvalue weighted by atomic mass is 35.5. The minimum absolute atomic E-state index is 0. The van der Waals surface area contributed by atoms with Gasteiger partial charge in [0.15, 0.2) is 0 Å². The largest absolute Gasteiger partial charge is 0.416 e. The SMILES string of the molecule is CC(C)(C)[C@H]1CN(C(c2ccc(Cl)cc2)c2ccc(C(F)(F)F)cc2)CCN1C(=O)CC1CCNCC1.Cl.Cl. The summed E-state index contributed by atoms with van der Waals surface area (Å²) in [6, 6.07) is 12.7. The Balaban J connectivity index is 0.00000267. The van der Waals surface area contributed by atoms with E-state index in [0.29, 0.717) is 37.0 Å². The first-order valence-electron chi connectivity index (χ1n) is 13.1. The van der Waals surface area contributed by atoms with Gasteiger partial charge in [-0.05, 0) is 72.7 Å². The van der Waals surface area contributed by atoms with Crippen LogP contribution in [0.25, 0.3) is 0 Å². The normalized spacial score (nSPS) is 20.1. The standard InChI is InChI=1S/C29H37ClF3N3O.2ClH/c1-28(2,3)25-19-35(16-17-36(25)26(37)18-20-12-14-34-15-13-20)27(22-6-10-24(30)11-7-22)21-4-8-23(9-5-21)29(31,32)33;;/h4-11,20,25,27,34H,12-19H2,1-3H3;2*1H/t25-,27?;;/m1../s1. The third-order valence-electron chi connectivity index (χ3n) is 7.76. The number of carbonyl (C=O) groups excluding carboxylic acids is 1. The van der Waals surface area contributed by atoms with Crippen molar-refractivity contribution in [2.45, 2.75) is 58.3 Å². The van der Waals surface area contributed by atoms with Gasteiger partial charge in [0.2, 0.25) is 5.91 Å². The molecule has 2 heterocycles. The van der Waals surface area contributed by atoms with Gasteiger partial charge in [-0.1, -0.05) is 56.6 Å². The van der Waals surface area contributed by atoms with Gasteiger partial charge < -0.3 is 10.2 Å². The fourth-order valence-electron chi connectivity index (χ4n) is 5.64. The molecule has 39 heavy (non-hydrogen) atoms. The van der Waals surface area contributed by atoms with Crippen LogP contribution < -0.4 is 5.32 Å². The van der Waals surface area contributed by atoms with E-state index in [4.69, 9.17) is 11.6 Å². The lowest BCUT2D eigenvalue weighted by Gasteiger charge is -2.49. The van der Waals surface area contributed by atoms with Crippen LogP contribution in [-0.2, 0) is 11.0 Å². The Hall–Kier alpha value is -1.51. The highest BCUT2D eigenvalue weighted by Crippen LogP contribution is 2.37. The highest BCUT2D eigenvalue weighted by Gasteiger charge is 2.41. The summed E-state index contributed by atoms with van der Waals surface area (Å²) in [6.07, 6.45) is -1.75. The fraction of sp³-hybridized carbons (Fsp3) is 0.552. The quantitative estimate of drug-likeness (QED) is 0.389. The number of halogens is 6. The van der Waals surface area contributed by atoms with Crippen LogP contribution in [0.3, 0.4) is 0 Å². The number of piperazine rings is 1. The van der Waals surface area contributed by atoms with E-state index in [1.54, 1.807) is 12.1 Å². The Labute approximate surface area is 247 Å². The van der Waals surface area contributed by atoms with Gasteiger partial charge in [-0.25, -0.2) is 0 Å². The lowest BCUT2D eigenvalue weighted by molar-refractivity contribution is -0.141. The number of carbonyl (C=O) groups is 1. The fourth-order valence-corrected chi connectivity index (χ4v) is 5.77. The maximum Gasteiger partial charge on any atom is 0.416 e. The molecule has 2 atom stereocenters. The van der Waals surface area contributed by atoms with Crippen molar-refractivity contribution in [3.63, 3.8) is 0 Å². The Morgan fingerprint density at radius 2 is 1.49 bits per heavy atom. The molecule has 2 saturated heterocycles. The van der Waals surface area contributed by atoms with Crippen molar-refractivity contribution < 1.29 is 18.0 Å². The summed E-state index contributed by atoms with van der Waals surface area (Å²) < 4.78 is 39.7. The average molecular weight is 609 g/mol. The van der Waals surface area contributed by atoms with Crippen molar-refractivity contribution in [3.05, 3.63) is 70.2 Å². The molecule has 0 spiro atoms. The number of piperidine rings is 1. The van der Waals surface area contributed by atoms with E-state index in [2.05, 4.69) is 35.9 Å². The van der Waals surface area contributed by atoms with E-state index in [-0.39, 0.29) is 48.2 Å². The van der Waals surface area contributed by atoms with Crippen molar-refractivity contribution in [1.82, 2.24) is 15.1 Å². The molecule has 2 fully saturated rings. The molecule has 1 N–H and O–H groups in total. The van der Waals surface area contributed by atoms with Crippen LogP contribution in [0.15, 0.2) is 48.5 Å². The zero-order valence-corrected chi connectivity index (χ0v) is 25.0. The van der Waals surface area contributed by atoms with E-state index >= 15 is 0 Å². The summed E-state index contributed by atoms with van der Waals surface area (Å²) in [6.45, 7) is 10.3. The number of benzene rings is 2. The predicted molar refractivity (Wildman–Crippen MR) is 156 cm³/mol. The summed E-state index contributed by atoms with van der Waals surface area (Å²) in [7, 11) is 0. The average Bonchev–Trinajstić information content (AvgIpc) is 2.85. The van der Waals surface area contributed by atoms with Crippen molar-refractivity contribution >= 4 is 42.3 Å². The molecular weight excluding hydrogens is 570 g/mol. The van der Waals surface area contributed by atoms with Crippen molar-refractivity contribution in [2.24, 2.45) is 11.3 Å². The minimum Gasteiger partial charge on any atom is -0.337 e. The molecule has 0 radical (unpaired) electrons. The van der Waals surface area contributed by atoms with Gasteiger partial charge in [-0.15, -0.1) is 24.8 Å². The van der Waals surface area contributed by atoms with Crippen LogP contribution in [0.2, 0.25) is 5.02 Å². The van der Waals surface area contributed by atoms with Gasteiger partial charge in [0, 0.05) is 37.1 Å². The molecule has 0 saturated carbocycles. The van der Waals surface area contributed by atoms with Crippen molar-refractivity contribution in [2.75, 3.05) is 32.7 Å². The Kier molecular flexibility index (Phi) is 12.0. The summed E-state index contributed by atoms with van der Waals surface area (Å²) >= 11 is 6.15. The zero-order chi connectivity index (χ0) is 26.8. The van der Waals surface area contributed by atoms with Gasteiger partial charge in [0.05, 0.1) is 11.6 Å². The van der Waals surface area contributed by atoms with Gasteiger partial charge in [0.25, 0.3) is 0 Å². The number of nitrogens with one attached hydrogen (secondary N) is 1. The highest BCUT2D eigenvalue weighted by molar-refractivity contribution is 6.30. The molecule has 4 nitrogen and oxygen atoms in total. The number of hydrogen-bond acceptors (Lipinski definition) is 3. The topological polar surface area (TPSA) is 35.6 Å². The Morgan fingerprint density at radius 3 is 2.00 bits per heavy atom. The predicted octanol–water partition coefficient (Wildman–Crippen LogP) is 7.24. The molecule has 0 bridgehead atoms. The van der Waals surface area contributed by atoms with Crippen LogP contribution in [0.1, 0.15) is 62.8 Å². The number of alkyl halides is 3. The number of nitrogens with zero attached hydrogens (tertiary/aromatic N) is 2. The Bertz CT molecular complexity index is 1050. The lowest BCUT2D eigenvalue weighted by Crippen LogP contribution is -2.60. The van der Waals surface area contributed by atoms with Gasteiger partial charge in [-0.3, -0.25) is 9.69 Å². The Morgan fingerprint density at radius 1 is 0.949 bits per heavy atom. The summed E-state index contributed by atoms with van der Waals surface area (Å²) in [5, 5.41) is 3.97. The molecule has 0 aliphatic carbocycles. The van der Waals surface area contributed by atoms with E-state index in [1.165, 1.54) is 0 Å². The van der Waals surface area contributed by atoms with Crippen molar-refractivity contribution in [1.29, 1.82) is 0 Å². The molecule has 2 aliphatic heterocycles. The molecule has 10 heteroatoms. The first-order chi connectivity index (χ1) is 17.4. The second-order valence-electron chi connectivity index (χ2n) is 11.4. The number of rotatable bonds is 5. The maximum absolute atomic E-state index is 13.5. The third kappa shape index (κ3) is 8.49. The summed E-state index contributed by atoms with van der Waals surface area (Å²) in [4.78, 5) is 17.8.